The van der Waals surface area contributed by atoms with Gasteiger partial charge in [0.05, 0.1) is 17.4 Å². The fraction of sp³-hybridized carbons (Fsp3) is 0.154. The summed E-state index contributed by atoms with van der Waals surface area (Å²) in [6, 6.07) is 7.92. The largest absolute Gasteiger partial charge is 0.340 e. The van der Waals surface area contributed by atoms with Crippen LogP contribution >= 0.6 is 11.8 Å². The Hall–Kier alpha value is -2.08. The van der Waals surface area contributed by atoms with Gasteiger partial charge in [0.1, 0.15) is 5.82 Å². The van der Waals surface area contributed by atoms with E-state index in [4.69, 9.17) is 0 Å². The molecule has 5 nitrogen and oxygen atoms in total. The zero-order valence-corrected chi connectivity index (χ0v) is 11.5. The molecule has 96 valence electrons. The smallest absolute Gasteiger partial charge is 0.189 e. The molecule has 0 unspecified atom stereocenters. The van der Waals surface area contributed by atoms with E-state index in [1.165, 1.54) is 11.8 Å². The molecule has 0 atom stereocenters. The van der Waals surface area contributed by atoms with Gasteiger partial charge in [-0.25, -0.2) is 9.97 Å². The Morgan fingerprint density at radius 3 is 3.00 bits per heavy atom. The molecule has 2 heterocycles. The summed E-state index contributed by atoms with van der Waals surface area (Å²) >= 11 is 1.52. The summed E-state index contributed by atoms with van der Waals surface area (Å²) in [5, 5.41) is 9.42. The molecule has 0 saturated heterocycles. The molecule has 19 heavy (non-hydrogen) atoms. The first-order chi connectivity index (χ1) is 9.28. The molecule has 1 aromatic carbocycles. The molecular formula is C13H13N5S. The molecule has 0 aliphatic heterocycles. The maximum Gasteiger partial charge on any atom is 0.189 e. The molecule has 0 fully saturated rings. The summed E-state index contributed by atoms with van der Waals surface area (Å²) in [4.78, 5) is 8.58. The topological polar surface area (TPSA) is 55.6 Å². The highest BCUT2D eigenvalue weighted by molar-refractivity contribution is 7.98. The monoisotopic (exact) mass is 271 g/mol. The van der Waals surface area contributed by atoms with E-state index in [2.05, 4.69) is 20.4 Å². The number of benzene rings is 1. The fourth-order valence-electron chi connectivity index (χ4n) is 1.93. The van der Waals surface area contributed by atoms with Gasteiger partial charge in [0.15, 0.2) is 5.16 Å². The van der Waals surface area contributed by atoms with Crippen molar-refractivity contribution in [3.8, 4) is 0 Å². The number of rotatable bonds is 3. The van der Waals surface area contributed by atoms with Crippen LogP contribution in [0.25, 0.3) is 10.9 Å². The summed E-state index contributed by atoms with van der Waals surface area (Å²) in [5.74, 6) is 0.788. The number of hydrogen-bond donors (Lipinski definition) is 1. The molecule has 0 aliphatic rings. The van der Waals surface area contributed by atoms with Crippen LogP contribution < -0.4 is 5.32 Å². The molecule has 0 aliphatic carbocycles. The first-order valence-corrected chi connectivity index (χ1v) is 7.05. The van der Waals surface area contributed by atoms with Gasteiger partial charge in [0, 0.05) is 18.6 Å². The van der Waals surface area contributed by atoms with Gasteiger partial charge in [-0.2, -0.15) is 5.10 Å². The maximum atomic E-state index is 4.41. The standard InChI is InChI=1S/C13H13N5S/c1-18-11-5-3-4-10(9(11)8-15-18)16-12-6-7-14-13(17-12)19-2/h3-8H,1-2H3,(H,14,16,17). The van der Waals surface area contributed by atoms with Crippen molar-refractivity contribution in [3.05, 3.63) is 36.7 Å². The van der Waals surface area contributed by atoms with E-state index in [-0.39, 0.29) is 0 Å². The van der Waals surface area contributed by atoms with E-state index in [1.807, 2.05) is 48.4 Å². The van der Waals surface area contributed by atoms with E-state index in [0.29, 0.717) is 0 Å². The van der Waals surface area contributed by atoms with E-state index in [9.17, 15) is 0 Å². The van der Waals surface area contributed by atoms with Gasteiger partial charge < -0.3 is 5.32 Å². The van der Waals surface area contributed by atoms with Crippen LogP contribution in [0, 0.1) is 0 Å². The number of fused-ring (bicyclic) bond motifs is 1. The van der Waals surface area contributed by atoms with Crippen LogP contribution in [0.4, 0.5) is 11.5 Å². The first kappa shape index (κ1) is 12.0. The van der Waals surface area contributed by atoms with Crippen molar-refractivity contribution in [2.75, 3.05) is 11.6 Å². The average Bonchev–Trinajstić information content (AvgIpc) is 2.82. The van der Waals surface area contributed by atoms with Crippen molar-refractivity contribution in [2.24, 2.45) is 7.05 Å². The van der Waals surface area contributed by atoms with Gasteiger partial charge in [-0.1, -0.05) is 17.8 Å². The van der Waals surface area contributed by atoms with Crippen LogP contribution in [-0.2, 0) is 7.05 Å². The summed E-state index contributed by atoms with van der Waals surface area (Å²) in [6.45, 7) is 0. The highest BCUT2D eigenvalue weighted by Crippen LogP contribution is 2.25. The first-order valence-electron chi connectivity index (χ1n) is 5.83. The molecule has 0 bridgehead atoms. The van der Waals surface area contributed by atoms with Gasteiger partial charge in [-0.15, -0.1) is 0 Å². The Morgan fingerprint density at radius 2 is 2.16 bits per heavy atom. The Kier molecular flexibility index (Phi) is 3.08. The van der Waals surface area contributed by atoms with Crippen LogP contribution in [0.5, 0.6) is 0 Å². The number of hydrogen-bond acceptors (Lipinski definition) is 5. The lowest BCUT2D eigenvalue weighted by atomic mass is 10.2. The van der Waals surface area contributed by atoms with E-state index >= 15 is 0 Å². The van der Waals surface area contributed by atoms with E-state index in [0.717, 1.165) is 27.6 Å². The third-order valence-electron chi connectivity index (χ3n) is 2.87. The van der Waals surface area contributed by atoms with Crippen molar-refractivity contribution in [1.29, 1.82) is 0 Å². The molecule has 0 spiro atoms. The molecule has 6 heteroatoms. The van der Waals surface area contributed by atoms with Crippen molar-refractivity contribution in [3.63, 3.8) is 0 Å². The number of nitrogens with one attached hydrogen (secondary N) is 1. The third-order valence-corrected chi connectivity index (χ3v) is 3.43. The number of anilines is 2. The number of aryl methyl sites for hydroxylation is 1. The number of thioether (sulfide) groups is 1. The maximum absolute atomic E-state index is 4.41. The predicted octanol–water partition coefficient (Wildman–Crippen LogP) is 2.83. The zero-order chi connectivity index (χ0) is 13.2. The molecule has 0 saturated carbocycles. The minimum atomic E-state index is 0.753. The Balaban J connectivity index is 2.00. The second-order valence-corrected chi connectivity index (χ2v) is 4.83. The second-order valence-electron chi connectivity index (χ2n) is 4.06. The van der Waals surface area contributed by atoms with Crippen molar-refractivity contribution in [1.82, 2.24) is 19.7 Å². The normalized spacial score (nSPS) is 10.8. The summed E-state index contributed by atoms with van der Waals surface area (Å²) < 4.78 is 1.85. The Morgan fingerprint density at radius 1 is 1.26 bits per heavy atom. The van der Waals surface area contributed by atoms with E-state index < -0.39 is 0 Å². The van der Waals surface area contributed by atoms with Gasteiger partial charge >= 0.3 is 0 Å². The van der Waals surface area contributed by atoms with Gasteiger partial charge in [-0.3, -0.25) is 4.68 Å². The SMILES string of the molecule is CSc1nccc(Nc2cccc3c2cnn3C)n1. The molecule has 1 N–H and O–H groups in total. The summed E-state index contributed by atoms with van der Waals surface area (Å²) in [7, 11) is 1.93. The Bertz CT molecular complexity index is 722. The van der Waals surface area contributed by atoms with Crippen LogP contribution in [0.2, 0.25) is 0 Å². The minimum absolute atomic E-state index is 0.753. The zero-order valence-electron chi connectivity index (χ0n) is 10.7. The number of aromatic nitrogens is 4. The molecule has 0 amide bonds. The van der Waals surface area contributed by atoms with Crippen LogP contribution in [0.15, 0.2) is 41.8 Å². The molecular weight excluding hydrogens is 258 g/mol. The lowest BCUT2D eigenvalue weighted by molar-refractivity contribution is 0.797. The third kappa shape index (κ3) is 2.26. The van der Waals surface area contributed by atoms with Gasteiger partial charge in [-0.05, 0) is 24.5 Å². The average molecular weight is 271 g/mol. The molecule has 3 aromatic rings. The van der Waals surface area contributed by atoms with Crippen molar-refractivity contribution < 1.29 is 0 Å². The van der Waals surface area contributed by atoms with Crippen LogP contribution in [0.1, 0.15) is 0 Å². The van der Waals surface area contributed by atoms with Gasteiger partial charge in [0.2, 0.25) is 0 Å². The van der Waals surface area contributed by atoms with Crippen LogP contribution in [-0.4, -0.2) is 26.0 Å². The highest BCUT2D eigenvalue weighted by Gasteiger charge is 2.06. The molecule has 0 radical (unpaired) electrons. The lowest BCUT2D eigenvalue weighted by Gasteiger charge is -2.07. The van der Waals surface area contributed by atoms with E-state index in [1.54, 1.807) is 6.20 Å². The lowest BCUT2D eigenvalue weighted by Crippen LogP contribution is -1.96. The fourth-order valence-corrected chi connectivity index (χ4v) is 2.29. The molecule has 3 rings (SSSR count). The minimum Gasteiger partial charge on any atom is -0.340 e. The van der Waals surface area contributed by atoms with Gasteiger partial charge in [0.25, 0.3) is 0 Å². The van der Waals surface area contributed by atoms with Crippen molar-refractivity contribution in [2.45, 2.75) is 5.16 Å². The quantitative estimate of drug-likeness (QED) is 0.586. The Labute approximate surface area is 115 Å². The molecule has 2 aromatic heterocycles. The number of nitrogens with zero attached hydrogens (tertiary/aromatic N) is 4. The summed E-state index contributed by atoms with van der Waals surface area (Å²) in [6.07, 6.45) is 5.57. The highest BCUT2D eigenvalue weighted by atomic mass is 32.2. The summed E-state index contributed by atoms with van der Waals surface area (Å²) in [5.41, 5.74) is 2.08. The second kappa shape index (κ2) is 4.89. The van der Waals surface area contributed by atoms with Crippen molar-refractivity contribution >= 4 is 34.2 Å². The van der Waals surface area contributed by atoms with Crippen LogP contribution in [0.3, 0.4) is 0 Å². The predicted molar refractivity (Wildman–Crippen MR) is 77.8 cm³/mol.